The van der Waals surface area contributed by atoms with Crippen LogP contribution in [-0.2, 0) is 0 Å². The number of nitrogens with zero attached hydrogens (tertiary/aromatic N) is 9. The summed E-state index contributed by atoms with van der Waals surface area (Å²) in [5.41, 5.74) is 25.8. The average molecular weight is 1920 g/mol. The van der Waals surface area contributed by atoms with Gasteiger partial charge in [0.25, 0.3) is 0 Å². The van der Waals surface area contributed by atoms with E-state index in [0.717, 1.165) is 71.6 Å². The van der Waals surface area contributed by atoms with Gasteiger partial charge in [-0.2, -0.15) is 0 Å². The molecule has 24 rings (SSSR count). The molecule has 0 radical (unpaired) electrons. The Hall–Kier alpha value is -16.2. The summed E-state index contributed by atoms with van der Waals surface area (Å²) in [7, 11) is 0. The monoisotopic (exact) mass is 1920 g/mol. The molecule has 9 nitrogen and oxygen atoms in total. The van der Waals surface area contributed by atoms with Crippen molar-refractivity contribution in [2.75, 3.05) is 0 Å². The quantitative estimate of drug-likeness (QED) is 0.0872. The summed E-state index contributed by atoms with van der Waals surface area (Å²) in [6, 6.07) is 167. The van der Waals surface area contributed by atoms with E-state index in [1.54, 1.807) is 0 Å². The first-order valence-electron chi connectivity index (χ1n) is 44.8. The molecular weight excluding hydrogens is 1840 g/mol. The molecule has 4 heterocycles. The van der Waals surface area contributed by atoms with Gasteiger partial charge in [0.15, 0.2) is 11.6 Å². The number of hydrogen-bond donors (Lipinski definition) is 0. The van der Waals surface area contributed by atoms with Crippen molar-refractivity contribution in [3.63, 3.8) is 0 Å². The van der Waals surface area contributed by atoms with E-state index in [0.29, 0.717) is 52.4 Å². The predicted molar refractivity (Wildman–Crippen MR) is 564 cm³/mol. The van der Waals surface area contributed by atoms with Gasteiger partial charge in [0.05, 0.1) is 0 Å². The van der Waals surface area contributed by atoms with E-state index in [-0.39, 0.29) is 14.5 Å². The molecule has 0 atom stereocenters. The maximum absolute atomic E-state index is 5.06. The van der Waals surface area contributed by atoms with Crippen LogP contribution in [0.3, 0.4) is 0 Å². The molecule has 636 valence electrons. The number of aromatic nitrogens is 9. The fourth-order valence-electron chi connectivity index (χ4n) is 17.9. The van der Waals surface area contributed by atoms with Crippen LogP contribution in [0.5, 0.6) is 0 Å². The van der Waals surface area contributed by atoms with Gasteiger partial charge in [-0.25, -0.2) is 4.98 Å². The van der Waals surface area contributed by atoms with Gasteiger partial charge in [-0.15, -0.1) is 0 Å². The molecule has 12 heteroatoms. The van der Waals surface area contributed by atoms with E-state index in [2.05, 4.69) is 329 Å². The van der Waals surface area contributed by atoms with Crippen LogP contribution in [0.15, 0.2) is 479 Å². The van der Waals surface area contributed by atoms with Crippen LogP contribution in [0.2, 0.25) is 0 Å². The second kappa shape index (κ2) is 38.3. The van der Waals surface area contributed by atoms with Crippen molar-refractivity contribution in [2.45, 2.75) is 0 Å². The van der Waals surface area contributed by atoms with Crippen LogP contribution in [0, 0.1) is 0 Å². The van der Waals surface area contributed by atoms with Crippen LogP contribution in [0.4, 0.5) is 0 Å². The summed E-state index contributed by atoms with van der Waals surface area (Å²) in [4.78, 5) is 44.6. The van der Waals surface area contributed by atoms with Crippen molar-refractivity contribution in [3.8, 4) is 180 Å². The minimum absolute atomic E-state index is 0.164. The summed E-state index contributed by atoms with van der Waals surface area (Å²) >= 11 is 5.74. The van der Waals surface area contributed by atoms with E-state index in [4.69, 9.17) is 44.9 Å². The van der Waals surface area contributed by atoms with Crippen LogP contribution in [-0.4, -0.2) is 91.4 Å². The standard InChI is InChI=1S/C43H27N3Se.C43H29N3Se.C37H25N3Se/c1-4-14-28(15-5-1)31-20-10-25-36-37-26-13-24-35(40(37)47-39(31)36)33-22-11-23-34-32(33)21-12-27-38(34)43-45-41(29-16-6-2-7-17-29)44-42(46-43)30-18-8-3-9-19-30;47-40-38(29-13-4-1-5-14-29)23-12-24-39(40)34-20-10-19-32(27-34)36-22-11-21-33-28-35(25-26-37(33)36)43-45-41(30-15-6-2-7-16-30)44-42(46-43)31-17-8-3-9-18-31;41-34-28(25-13-4-1-5-14-25)21-12-22-32(34)31-23-24-33(30-20-11-10-19-29(30)31)37-39-35(26-15-6-2-7-16-26)38-36(40-37)27-17-8-3-9-18-27/h1-27H;1-28,47H;1-24,41H. The molecule has 0 aliphatic heterocycles. The first-order chi connectivity index (χ1) is 66.8. The Bertz CT molecular complexity index is 8300. The molecule has 0 bridgehead atoms. The molecule has 0 saturated carbocycles. The van der Waals surface area contributed by atoms with Crippen LogP contribution >= 0.6 is 0 Å². The van der Waals surface area contributed by atoms with Crippen LogP contribution in [0.25, 0.3) is 232 Å². The molecule has 24 aromatic rings. The van der Waals surface area contributed by atoms with E-state index < -0.39 is 0 Å². The van der Waals surface area contributed by atoms with E-state index >= 15 is 0 Å². The topological polar surface area (TPSA) is 116 Å². The summed E-state index contributed by atoms with van der Waals surface area (Å²) < 4.78 is 5.31. The van der Waals surface area contributed by atoms with Crippen molar-refractivity contribution < 1.29 is 0 Å². The van der Waals surface area contributed by atoms with Gasteiger partial charge in [0, 0.05) is 11.1 Å². The Kier molecular flexibility index (Phi) is 23.9. The van der Waals surface area contributed by atoms with Gasteiger partial charge in [-0.05, 0) is 0 Å². The normalized spacial score (nSPS) is 11.2. The molecule has 0 saturated heterocycles. The predicted octanol–water partition coefficient (Wildman–Crippen LogP) is 28.2. The molecule has 0 fully saturated rings. The van der Waals surface area contributed by atoms with Crippen LogP contribution in [0.1, 0.15) is 0 Å². The Morgan fingerprint density at radius 2 is 0.378 bits per heavy atom. The number of benzene rings is 20. The van der Waals surface area contributed by atoms with Gasteiger partial charge < -0.3 is 0 Å². The molecule has 0 aliphatic carbocycles. The Labute approximate surface area is 804 Å². The summed E-state index contributed by atoms with van der Waals surface area (Å²) in [5, 5.41) is 9.59. The molecule has 0 amide bonds. The van der Waals surface area contributed by atoms with Crippen LogP contribution < -0.4 is 8.92 Å². The Morgan fingerprint density at radius 1 is 0.133 bits per heavy atom. The van der Waals surface area contributed by atoms with Crippen molar-refractivity contribution >= 4 is 107 Å². The Morgan fingerprint density at radius 3 is 0.807 bits per heavy atom. The number of fused-ring (bicyclic) bond motifs is 6. The minimum atomic E-state index is 0.164. The van der Waals surface area contributed by atoms with Crippen molar-refractivity contribution in [2.24, 2.45) is 0 Å². The van der Waals surface area contributed by atoms with Gasteiger partial charge in [0.1, 0.15) is 0 Å². The molecule has 0 aliphatic rings. The second-order valence-corrected chi connectivity index (χ2v) is 36.8. The first-order valence-corrected chi connectivity index (χ1v) is 48.4. The molecule has 0 spiro atoms. The molecule has 4 aromatic heterocycles. The molecular formula is C123H81N9Se3. The summed E-state index contributed by atoms with van der Waals surface area (Å²) in [6.07, 6.45) is 0. The molecule has 135 heavy (non-hydrogen) atoms. The third kappa shape index (κ3) is 17.4. The first kappa shape index (κ1) is 84.3. The van der Waals surface area contributed by atoms with Gasteiger partial charge in [-0.1, -0.05) is 84.9 Å². The van der Waals surface area contributed by atoms with Crippen molar-refractivity contribution in [1.29, 1.82) is 0 Å². The third-order valence-electron chi connectivity index (χ3n) is 24.5. The SMILES string of the molecule is [SeH]c1c(-c2ccccc2)cccc1-c1ccc(-c2nc(-c3ccccc3)nc(-c3ccccc3)n2)c2ccccc12.[SeH]c1c(-c2ccccc2)cccc1-c1cccc(-c2cccc3cc(-c4nc(-c5ccccc5)nc(-c5ccccc5)n4)ccc23)c1.c1ccc(-c2nc(-c3ccccc3)nc(-c3cccc4c(-c5cccc6c5[se]c5c(-c7ccccc7)cccc56)cccc34)n2)cc1. The van der Waals surface area contributed by atoms with Gasteiger partial charge in [0.2, 0.25) is 0 Å². The fourth-order valence-corrected chi connectivity index (χ4v) is 22.5. The fraction of sp³-hybridized carbons (Fsp3) is 0. The van der Waals surface area contributed by atoms with E-state index in [9.17, 15) is 0 Å². The zero-order valence-electron chi connectivity index (χ0n) is 72.9. The van der Waals surface area contributed by atoms with Crippen molar-refractivity contribution in [1.82, 2.24) is 44.9 Å². The van der Waals surface area contributed by atoms with Crippen molar-refractivity contribution in [3.05, 3.63) is 479 Å². The molecule has 0 unspecified atom stereocenters. The Balaban J connectivity index is 0.000000118. The van der Waals surface area contributed by atoms with Gasteiger partial charge in [-0.3, -0.25) is 0 Å². The summed E-state index contributed by atoms with van der Waals surface area (Å²) in [6.45, 7) is 0. The van der Waals surface area contributed by atoms with Gasteiger partial charge >= 0.3 is 699 Å². The maximum atomic E-state index is 5.06. The molecule has 20 aromatic carbocycles. The number of rotatable bonds is 16. The molecule has 0 N–H and O–H groups in total. The van der Waals surface area contributed by atoms with E-state index in [1.165, 1.54) is 117 Å². The van der Waals surface area contributed by atoms with E-state index in [1.807, 2.05) is 182 Å². The zero-order chi connectivity index (χ0) is 90.3. The third-order valence-corrected chi connectivity index (χ3v) is 29.2. The second-order valence-electron chi connectivity index (χ2n) is 32.8. The zero-order valence-corrected chi connectivity index (χ0v) is 78.4. The average Bonchev–Trinajstić information content (AvgIpc) is 1.55. The number of hydrogen-bond acceptors (Lipinski definition) is 9. The summed E-state index contributed by atoms with van der Waals surface area (Å²) in [5.74, 6) is 5.94.